The molecule has 0 bridgehead atoms. The third kappa shape index (κ3) is 8.49. The summed E-state index contributed by atoms with van der Waals surface area (Å²) in [4.78, 5) is 48.6. The smallest absolute Gasteiger partial charge is 0.416 e. The largest absolute Gasteiger partial charge is 0.481 e. The molecule has 0 spiro atoms. The second kappa shape index (κ2) is 12.1. The fourth-order valence-electron chi connectivity index (χ4n) is 3.41. The third-order valence-electron chi connectivity index (χ3n) is 5.74. The molecule has 0 radical (unpaired) electrons. The number of carbonyl (C=O) groups is 4. The van der Waals surface area contributed by atoms with Crippen molar-refractivity contribution in [3.63, 3.8) is 0 Å². The lowest BCUT2D eigenvalue weighted by atomic mass is 9.83. The molecular formula is C25H26ClF3N2O6. The number of carboxylic acid groups (broad SMARTS) is 2. The van der Waals surface area contributed by atoms with E-state index in [0.717, 1.165) is 24.3 Å². The van der Waals surface area contributed by atoms with Gasteiger partial charge in [-0.15, -0.1) is 0 Å². The standard InChI is InChI=1S/C25H26ClF3N2O6/c1-24(2,15-7-9-17(26)10-8-15)23(37)31-19(13-14-3-5-16(6-4-14)25(27,28)29)21(34)30-18(22(35)36)11-12-20(32)33/h3-10,18-19H,11-13H2,1-2H3,(H,30,34)(H,31,37)(H,32,33)(H,35,36)/t18-,19+/m1/s1. The summed E-state index contributed by atoms with van der Waals surface area (Å²) in [5.74, 6) is -4.28. The monoisotopic (exact) mass is 542 g/mol. The number of alkyl halides is 3. The van der Waals surface area contributed by atoms with E-state index in [0.29, 0.717) is 10.6 Å². The molecule has 2 amide bonds. The number of carbonyl (C=O) groups excluding carboxylic acids is 2. The zero-order valence-corrected chi connectivity index (χ0v) is 20.7. The Kier molecular flexibility index (Phi) is 9.68. The van der Waals surface area contributed by atoms with Gasteiger partial charge in [-0.3, -0.25) is 14.4 Å². The highest BCUT2D eigenvalue weighted by atomic mass is 35.5. The lowest BCUT2D eigenvalue weighted by Gasteiger charge is -2.28. The van der Waals surface area contributed by atoms with Gasteiger partial charge in [0.15, 0.2) is 0 Å². The Labute approximate surface area is 215 Å². The number of hydrogen-bond acceptors (Lipinski definition) is 4. The van der Waals surface area contributed by atoms with Gasteiger partial charge in [-0.2, -0.15) is 13.2 Å². The highest BCUT2D eigenvalue weighted by Gasteiger charge is 2.35. The summed E-state index contributed by atoms with van der Waals surface area (Å²) in [5, 5.41) is 23.4. The Balaban J connectivity index is 2.32. The van der Waals surface area contributed by atoms with Crippen LogP contribution in [0.4, 0.5) is 13.2 Å². The van der Waals surface area contributed by atoms with Crippen molar-refractivity contribution in [1.82, 2.24) is 10.6 Å². The summed E-state index contributed by atoms with van der Waals surface area (Å²) in [7, 11) is 0. The molecule has 0 fully saturated rings. The summed E-state index contributed by atoms with van der Waals surface area (Å²) in [6, 6.07) is 7.45. The average molecular weight is 543 g/mol. The Morgan fingerprint density at radius 3 is 1.89 bits per heavy atom. The number of rotatable bonds is 11. The third-order valence-corrected chi connectivity index (χ3v) is 5.99. The van der Waals surface area contributed by atoms with Crippen molar-refractivity contribution >= 4 is 35.4 Å². The van der Waals surface area contributed by atoms with Crippen LogP contribution >= 0.6 is 11.6 Å². The zero-order valence-electron chi connectivity index (χ0n) is 19.9. The number of carboxylic acids is 2. The number of nitrogens with one attached hydrogen (secondary N) is 2. The van der Waals surface area contributed by atoms with Crippen LogP contribution < -0.4 is 10.6 Å². The van der Waals surface area contributed by atoms with Crippen LogP contribution in [0.1, 0.15) is 43.4 Å². The Hall–Kier alpha value is -3.60. The van der Waals surface area contributed by atoms with E-state index in [2.05, 4.69) is 10.6 Å². The van der Waals surface area contributed by atoms with E-state index < -0.39 is 65.8 Å². The highest BCUT2D eigenvalue weighted by molar-refractivity contribution is 6.30. The van der Waals surface area contributed by atoms with E-state index in [-0.39, 0.29) is 12.0 Å². The maximum Gasteiger partial charge on any atom is 0.416 e. The number of halogens is 4. The van der Waals surface area contributed by atoms with E-state index in [1.54, 1.807) is 38.1 Å². The zero-order chi connectivity index (χ0) is 28.0. The van der Waals surface area contributed by atoms with Gasteiger partial charge >= 0.3 is 18.1 Å². The van der Waals surface area contributed by atoms with E-state index in [1.807, 2.05) is 0 Å². The molecule has 2 rings (SSSR count). The normalized spacial score (nSPS) is 13.4. The number of aliphatic carboxylic acids is 2. The summed E-state index contributed by atoms with van der Waals surface area (Å²) in [5.41, 5.74) is -1.23. The molecule has 0 saturated carbocycles. The van der Waals surface area contributed by atoms with Gasteiger partial charge < -0.3 is 20.8 Å². The van der Waals surface area contributed by atoms with E-state index in [9.17, 15) is 37.5 Å². The van der Waals surface area contributed by atoms with Crippen molar-refractivity contribution in [2.75, 3.05) is 0 Å². The molecule has 8 nitrogen and oxygen atoms in total. The van der Waals surface area contributed by atoms with Crippen LogP contribution in [0.15, 0.2) is 48.5 Å². The van der Waals surface area contributed by atoms with Gasteiger partial charge in [-0.25, -0.2) is 4.79 Å². The predicted octanol–water partition coefficient (Wildman–Crippen LogP) is 3.80. The molecule has 37 heavy (non-hydrogen) atoms. The van der Waals surface area contributed by atoms with Crippen molar-refractivity contribution < 1.29 is 42.6 Å². The fourth-order valence-corrected chi connectivity index (χ4v) is 3.53. The molecule has 2 atom stereocenters. The van der Waals surface area contributed by atoms with Crippen LogP contribution in [-0.2, 0) is 37.2 Å². The minimum absolute atomic E-state index is 0.252. The van der Waals surface area contributed by atoms with Gasteiger partial charge in [-0.05, 0) is 55.7 Å². The molecule has 0 aromatic heterocycles. The summed E-state index contributed by atoms with van der Waals surface area (Å²) in [6.45, 7) is 3.18. The Morgan fingerprint density at radius 2 is 1.41 bits per heavy atom. The highest BCUT2D eigenvalue weighted by Crippen LogP contribution is 2.29. The minimum Gasteiger partial charge on any atom is -0.481 e. The molecule has 2 aromatic rings. The van der Waals surface area contributed by atoms with Gasteiger partial charge in [0.05, 0.1) is 11.0 Å². The summed E-state index contributed by atoms with van der Waals surface area (Å²) < 4.78 is 38.8. The topological polar surface area (TPSA) is 133 Å². The molecule has 0 unspecified atom stereocenters. The van der Waals surface area contributed by atoms with Crippen LogP contribution in [0, 0.1) is 0 Å². The van der Waals surface area contributed by atoms with E-state index in [4.69, 9.17) is 16.7 Å². The first-order valence-electron chi connectivity index (χ1n) is 11.1. The summed E-state index contributed by atoms with van der Waals surface area (Å²) in [6.07, 6.45) is -5.76. The maximum atomic E-state index is 13.2. The average Bonchev–Trinajstić information content (AvgIpc) is 2.80. The van der Waals surface area contributed by atoms with Crippen molar-refractivity contribution in [3.8, 4) is 0 Å². The molecule has 12 heteroatoms. The molecule has 0 aliphatic rings. The van der Waals surface area contributed by atoms with Crippen LogP contribution in [-0.4, -0.2) is 46.0 Å². The molecule has 0 aliphatic carbocycles. The molecular weight excluding hydrogens is 517 g/mol. The maximum absolute atomic E-state index is 13.2. The second-order valence-electron chi connectivity index (χ2n) is 8.89. The molecule has 0 heterocycles. The molecule has 200 valence electrons. The second-order valence-corrected chi connectivity index (χ2v) is 9.33. The van der Waals surface area contributed by atoms with Crippen molar-refractivity contribution in [2.45, 2.75) is 56.8 Å². The molecule has 0 aliphatic heterocycles. The SMILES string of the molecule is CC(C)(C(=O)N[C@@H](Cc1ccc(C(F)(F)F)cc1)C(=O)N[C@H](CCC(=O)O)C(=O)O)c1ccc(Cl)cc1. The van der Waals surface area contributed by atoms with Gasteiger partial charge in [0, 0.05) is 17.9 Å². The lowest BCUT2D eigenvalue weighted by Crippen LogP contribution is -2.55. The quantitative estimate of drug-likeness (QED) is 0.341. The first-order valence-corrected chi connectivity index (χ1v) is 11.5. The van der Waals surface area contributed by atoms with Gasteiger partial charge in [-0.1, -0.05) is 35.9 Å². The molecule has 0 saturated heterocycles. The van der Waals surface area contributed by atoms with E-state index >= 15 is 0 Å². The Morgan fingerprint density at radius 1 is 0.865 bits per heavy atom. The minimum atomic E-state index is -4.56. The number of benzene rings is 2. The van der Waals surface area contributed by atoms with Crippen LogP contribution in [0.3, 0.4) is 0 Å². The lowest BCUT2D eigenvalue weighted by molar-refractivity contribution is -0.143. The van der Waals surface area contributed by atoms with Crippen LogP contribution in [0.2, 0.25) is 5.02 Å². The first-order chi connectivity index (χ1) is 17.1. The van der Waals surface area contributed by atoms with Crippen molar-refractivity contribution in [3.05, 3.63) is 70.2 Å². The van der Waals surface area contributed by atoms with Gasteiger partial charge in [0.1, 0.15) is 12.1 Å². The Bertz CT molecular complexity index is 1130. The van der Waals surface area contributed by atoms with Crippen molar-refractivity contribution in [1.29, 1.82) is 0 Å². The van der Waals surface area contributed by atoms with Gasteiger partial charge in [0.2, 0.25) is 11.8 Å². The number of amides is 2. The first kappa shape index (κ1) is 29.6. The fraction of sp³-hybridized carbons (Fsp3) is 0.360. The van der Waals surface area contributed by atoms with Crippen molar-refractivity contribution in [2.24, 2.45) is 0 Å². The summed E-state index contributed by atoms with van der Waals surface area (Å²) >= 11 is 5.91. The molecule has 2 aromatic carbocycles. The number of hydrogen-bond donors (Lipinski definition) is 4. The van der Waals surface area contributed by atoms with Crippen LogP contribution in [0.25, 0.3) is 0 Å². The predicted molar refractivity (Wildman–Crippen MR) is 128 cm³/mol. The van der Waals surface area contributed by atoms with Crippen LogP contribution in [0.5, 0.6) is 0 Å². The van der Waals surface area contributed by atoms with E-state index in [1.165, 1.54) is 0 Å². The molecule has 4 N–H and O–H groups in total. The van der Waals surface area contributed by atoms with Gasteiger partial charge in [0.25, 0.3) is 0 Å².